The maximum Gasteiger partial charge on any atom is 0.319 e. The van der Waals surface area contributed by atoms with Gasteiger partial charge in [0.1, 0.15) is 4.75 Å². The number of thioether (sulfide) groups is 1. The van der Waals surface area contributed by atoms with Crippen LogP contribution >= 0.6 is 11.8 Å². The Hall–Kier alpha value is -0.220. The highest BCUT2D eigenvalue weighted by atomic mass is 32.2. The van der Waals surface area contributed by atoms with Crippen LogP contribution in [0.2, 0.25) is 0 Å². The molecular formula is C9H19NO2S. The molecule has 0 heterocycles. The van der Waals surface area contributed by atoms with E-state index in [0.29, 0.717) is 0 Å². The zero-order chi connectivity index (χ0) is 10.5. The van der Waals surface area contributed by atoms with Gasteiger partial charge in [-0.15, -0.1) is 11.8 Å². The van der Waals surface area contributed by atoms with Crippen LogP contribution in [0.4, 0.5) is 0 Å². The average molecular weight is 205 g/mol. The number of carboxylic acids is 1. The molecule has 0 saturated heterocycles. The van der Waals surface area contributed by atoms with Gasteiger partial charge in [-0.1, -0.05) is 0 Å². The minimum absolute atomic E-state index is 0.647. The lowest BCUT2D eigenvalue weighted by atomic mass is 10.2. The summed E-state index contributed by atoms with van der Waals surface area (Å²) in [5, 5.41) is 8.82. The Labute approximate surface area is 84.5 Å². The normalized spacial score (nSPS) is 12.1. The lowest BCUT2D eigenvalue weighted by Gasteiger charge is -2.18. The van der Waals surface area contributed by atoms with Crippen LogP contribution < -0.4 is 0 Å². The van der Waals surface area contributed by atoms with E-state index >= 15 is 0 Å². The fourth-order valence-electron chi connectivity index (χ4n) is 0.770. The molecule has 13 heavy (non-hydrogen) atoms. The monoisotopic (exact) mass is 205 g/mol. The van der Waals surface area contributed by atoms with Crippen LogP contribution in [-0.2, 0) is 4.79 Å². The smallest absolute Gasteiger partial charge is 0.319 e. The molecular weight excluding hydrogens is 186 g/mol. The Balaban J connectivity index is 3.58. The second-order valence-electron chi connectivity index (χ2n) is 3.82. The van der Waals surface area contributed by atoms with Crippen molar-refractivity contribution in [1.82, 2.24) is 4.90 Å². The molecule has 0 aromatic carbocycles. The Morgan fingerprint density at radius 2 is 2.00 bits per heavy atom. The first-order chi connectivity index (χ1) is 5.86. The molecule has 0 bridgehead atoms. The van der Waals surface area contributed by atoms with Crippen molar-refractivity contribution in [2.45, 2.75) is 25.0 Å². The Kier molecular flexibility index (Phi) is 5.40. The minimum Gasteiger partial charge on any atom is -0.480 e. The van der Waals surface area contributed by atoms with Crippen molar-refractivity contribution < 1.29 is 9.90 Å². The number of hydrogen-bond donors (Lipinski definition) is 1. The topological polar surface area (TPSA) is 40.5 Å². The van der Waals surface area contributed by atoms with Gasteiger partial charge in [0.25, 0.3) is 0 Å². The Morgan fingerprint density at radius 1 is 1.46 bits per heavy atom. The first-order valence-corrected chi connectivity index (χ1v) is 5.37. The van der Waals surface area contributed by atoms with E-state index in [-0.39, 0.29) is 0 Å². The van der Waals surface area contributed by atoms with E-state index in [4.69, 9.17) is 5.11 Å². The van der Waals surface area contributed by atoms with Crippen LogP contribution in [0.25, 0.3) is 0 Å². The summed E-state index contributed by atoms with van der Waals surface area (Å²) in [6.45, 7) is 4.51. The summed E-state index contributed by atoms with van der Waals surface area (Å²) in [4.78, 5) is 12.8. The number of aliphatic carboxylic acids is 1. The van der Waals surface area contributed by atoms with Gasteiger partial charge in [0, 0.05) is 0 Å². The summed E-state index contributed by atoms with van der Waals surface area (Å²) in [6.07, 6.45) is 1.04. The molecule has 0 saturated carbocycles. The maximum absolute atomic E-state index is 10.7. The van der Waals surface area contributed by atoms with Crippen molar-refractivity contribution in [3.05, 3.63) is 0 Å². The average Bonchev–Trinajstić information content (AvgIpc) is 1.97. The molecule has 4 heteroatoms. The van der Waals surface area contributed by atoms with Crippen LogP contribution in [0.5, 0.6) is 0 Å². The summed E-state index contributed by atoms with van der Waals surface area (Å²) in [5.74, 6) is 0.166. The molecule has 0 rings (SSSR count). The molecule has 0 aromatic rings. The van der Waals surface area contributed by atoms with E-state index in [1.54, 1.807) is 13.8 Å². The molecule has 0 radical (unpaired) electrons. The molecule has 0 atom stereocenters. The largest absolute Gasteiger partial charge is 0.480 e. The summed E-state index contributed by atoms with van der Waals surface area (Å²) in [6, 6.07) is 0. The highest BCUT2D eigenvalue weighted by molar-refractivity contribution is 8.01. The molecule has 0 amide bonds. The van der Waals surface area contributed by atoms with E-state index < -0.39 is 10.7 Å². The van der Waals surface area contributed by atoms with Gasteiger partial charge in [-0.25, -0.2) is 0 Å². The molecule has 0 unspecified atom stereocenters. The maximum atomic E-state index is 10.7. The molecule has 0 aliphatic carbocycles. The second-order valence-corrected chi connectivity index (χ2v) is 5.54. The second kappa shape index (κ2) is 5.50. The summed E-state index contributed by atoms with van der Waals surface area (Å²) >= 11 is 1.50. The number of carbonyl (C=O) groups is 1. The lowest BCUT2D eigenvalue weighted by molar-refractivity contribution is -0.138. The minimum atomic E-state index is -0.734. The number of hydrogen-bond acceptors (Lipinski definition) is 3. The molecule has 1 N–H and O–H groups in total. The molecule has 0 aliphatic rings. The van der Waals surface area contributed by atoms with Crippen LogP contribution in [-0.4, -0.2) is 47.1 Å². The lowest BCUT2D eigenvalue weighted by Crippen LogP contribution is -2.28. The summed E-state index contributed by atoms with van der Waals surface area (Å²) in [5.41, 5.74) is 0. The molecule has 0 aliphatic heterocycles. The van der Waals surface area contributed by atoms with Crippen LogP contribution in [0.1, 0.15) is 20.3 Å². The van der Waals surface area contributed by atoms with Gasteiger partial charge in [-0.2, -0.15) is 0 Å². The van der Waals surface area contributed by atoms with E-state index in [0.717, 1.165) is 18.7 Å². The third-order valence-electron chi connectivity index (χ3n) is 1.73. The third kappa shape index (κ3) is 5.93. The molecule has 78 valence electrons. The van der Waals surface area contributed by atoms with Crippen molar-refractivity contribution in [3.63, 3.8) is 0 Å². The number of nitrogens with zero attached hydrogens (tertiary/aromatic N) is 1. The third-order valence-corrected chi connectivity index (χ3v) is 3.12. The molecule has 3 nitrogen and oxygen atoms in total. The van der Waals surface area contributed by atoms with Gasteiger partial charge < -0.3 is 10.0 Å². The molecule has 0 spiro atoms. The van der Waals surface area contributed by atoms with Crippen molar-refractivity contribution in [3.8, 4) is 0 Å². The van der Waals surface area contributed by atoms with Crippen molar-refractivity contribution >= 4 is 17.7 Å². The van der Waals surface area contributed by atoms with Gasteiger partial charge in [0.15, 0.2) is 0 Å². The number of carboxylic acid groups (broad SMARTS) is 1. The highest BCUT2D eigenvalue weighted by Gasteiger charge is 2.26. The Morgan fingerprint density at radius 3 is 2.38 bits per heavy atom. The fraction of sp³-hybridized carbons (Fsp3) is 0.889. The standard InChI is InChI=1S/C9H19NO2S/c1-9(2,8(11)12)13-7-5-6-10(3)4/h5-7H2,1-4H3,(H,11,12). The van der Waals surface area contributed by atoms with Crippen molar-refractivity contribution in [2.75, 3.05) is 26.4 Å². The van der Waals surface area contributed by atoms with E-state index in [1.807, 2.05) is 14.1 Å². The van der Waals surface area contributed by atoms with Crippen LogP contribution in [0.15, 0.2) is 0 Å². The van der Waals surface area contributed by atoms with Crippen LogP contribution in [0, 0.1) is 0 Å². The quantitative estimate of drug-likeness (QED) is 0.668. The predicted octanol–water partition coefficient (Wildman–Crippen LogP) is 1.53. The van der Waals surface area contributed by atoms with Crippen molar-refractivity contribution in [1.29, 1.82) is 0 Å². The first kappa shape index (κ1) is 12.8. The van der Waals surface area contributed by atoms with Crippen molar-refractivity contribution in [2.24, 2.45) is 0 Å². The number of rotatable bonds is 6. The predicted molar refractivity (Wildman–Crippen MR) is 57.3 cm³/mol. The van der Waals surface area contributed by atoms with Gasteiger partial charge in [0.2, 0.25) is 0 Å². The highest BCUT2D eigenvalue weighted by Crippen LogP contribution is 2.24. The van der Waals surface area contributed by atoms with Gasteiger partial charge in [0.05, 0.1) is 0 Å². The summed E-state index contributed by atoms with van der Waals surface area (Å²) in [7, 11) is 4.04. The van der Waals surface area contributed by atoms with Gasteiger partial charge >= 0.3 is 5.97 Å². The van der Waals surface area contributed by atoms with E-state index in [9.17, 15) is 4.79 Å². The van der Waals surface area contributed by atoms with E-state index in [1.165, 1.54) is 11.8 Å². The first-order valence-electron chi connectivity index (χ1n) is 4.38. The van der Waals surface area contributed by atoms with Gasteiger partial charge in [-0.3, -0.25) is 4.79 Å². The zero-order valence-electron chi connectivity index (χ0n) is 8.83. The SMILES string of the molecule is CN(C)CCCSC(C)(C)C(=O)O. The molecule has 0 fully saturated rings. The van der Waals surface area contributed by atoms with E-state index in [2.05, 4.69) is 4.90 Å². The molecule has 0 aromatic heterocycles. The fourth-order valence-corrected chi connectivity index (χ4v) is 1.68. The van der Waals surface area contributed by atoms with Crippen LogP contribution in [0.3, 0.4) is 0 Å². The zero-order valence-corrected chi connectivity index (χ0v) is 9.65. The van der Waals surface area contributed by atoms with Gasteiger partial charge in [-0.05, 0) is 46.7 Å². The summed E-state index contributed by atoms with van der Waals surface area (Å²) < 4.78 is -0.647. The Bertz CT molecular complexity index is 169.